The highest BCUT2D eigenvalue weighted by molar-refractivity contribution is 6.05. The van der Waals surface area contributed by atoms with E-state index in [-0.39, 0.29) is 17.1 Å². The maximum atomic E-state index is 10.9. The van der Waals surface area contributed by atoms with Crippen LogP contribution in [0.3, 0.4) is 0 Å². The lowest BCUT2D eigenvalue weighted by molar-refractivity contribution is 0.0688. The number of carboxylic acid groups (broad SMARTS) is 1. The second-order valence-corrected chi connectivity index (χ2v) is 3.33. The average Bonchev–Trinajstić information content (AvgIpc) is 2.39. The van der Waals surface area contributed by atoms with Crippen LogP contribution >= 0.6 is 0 Å². The van der Waals surface area contributed by atoms with Gasteiger partial charge in [0, 0.05) is 12.4 Å². The van der Waals surface area contributed by atoms with E-state index in [0.717, 1.165) is 0 Å². The number of nitrogens with two attached hydrogens (primary N) is 1. The maximum absolute atomic E-state index is 10.9. The van der Waals surface area contributed by atoms with E-state index >= 15 is 0 Å². The second-order valence-electron chi connectivity index (χ2n) is 3.33. The predicted octanol–water partition coefficient (Wildman–Crippen LogP) is 1.16. The smallest absolute Gasteiger partial charge is 0.354 e. The fourth-order valence-electron chi connectivity index (χ4n) is 1.72. The Hall–Kier alpha value is -2.17. The lowest BCUT2D eigenvalue weighted by Gasteiger charge is -1.98. The Kier molecular flexibility index (Phi) is 1.82. The summed E-state index contributed by atoms with van der Waals surface area (Å²) in [5.41, 5.74) is 6.59. The summed E-state index contributed by atoms with van der Waals surface area (Å²) in [7, 11) is 1.62. The highest BCUT2D eigenvalue weighted by atomic mass is 16.4. The molecule has 0 aliphatic rings. The number of carboxylic acids is 1. The monoisotopic (exact) mass is 206 g/mol. The Morgan fingerprint density at radius 3 is 2.73 bits per heavy atom. The lowest BCUT2D eigenvalue weighted by atomic mass is 10.2. The third kappa shape index (κ3) is 1.20. The van der Waals surface area contributed by atoms with Crippen molar-refractivity contribution in [3.63, 3.8) is 0 Å². The molecule has 0 fully saturated rings. The van der Waals surface area contributed by atoms with Crippen molar-refractivity contribution in [2.75, 3.05) is 5.73 Å². The largest absolute Gasteiger partial charge is 0.508 e. The van der Waals surface area contributed by atoms with Crippen LogP contribution in [0.5, 0.6) is 5.75 Å². The Bertz CT molecular complexity index is 557. The highest BCUT2D eigenvalue weighted by Crippen LogP contribution is 2.30. The number of aryl methyl sites for hydroxylation is 1. The first-order valence-corrected chi connectivity index (χ1v) is 4.32. The predicted molar refractivity (Wildman–Crippen MR) is 56.0 cm³/mol. The van der Waals surface area contributed by atoms with Crippen molar-refractivity contribution < 1.29 is 15.0 Å². The van der Waals surface area contributed by atoms with Gasteiger partial charge in [-0.1, -0.05) is 0 Å². The molecule has 0 amide bonds. The van der Waals surface area contributed by atoms with Crippen LogP contribution in [-0.4, -0.2) is 20.7 Å². The third-order valence-electron chi connectivity index (χ3n) is 2.42. The van der Waals surface area contributed by atoms with E-state index in [9.17, 15) is 9.90 Å². The topological polar surface area (TPSA) is 88.5 Å². The van der Waals surface area contributed by atoms with Gasteiger partial charge in [0.15, 0.2) is 5.69 Å². The van der Waals surface area contributed by atoms with Crippen molar-refractivity contribution >= 4 is 22.6 Å². The Labute approximate surface area is 85.4 Å². The van der Waals surface area contributed by atoms with Crippen LogP contribution in [0.4, 0.5) is 5.69 Å². The number of carbonyl (C=O) groups is 1. The van der Waals surface area contributed by atoms with E-state index in [0.29, 0.717) is 10.9 Å². The second kappa shape index (κ2) is 2.91. The van der Waals surface area contributed by atoms with Crippen molar-refractivity contribution in [2.45, 2.75) is 0 Å². The van der Waals surface area contributed by atoms with E-state index < -0.39 is 5.97 Å². The van der Waals surface area contributed by atoms with E-state index in [2.05, 4.69) is 0 Å². The molecule has 0 aliphatic heterocycles. The standard InChI is InChI=1S/C10H10N2O3/c1-12-7-3-2-5(13)4-6(7)8(11)9(12)10(14)15/h2-4,13H,11H2,1H3,(H,14,15). The number of nitrogen functional groups attached to an aromatic ring is 1. The van der Waals surface area contributed by atoms with E-state index in [1.54, 1.807) is 13.1 Å². The number of aromatic carboxylic acids is 1. The number of phenols is 1. The Balaban J connectivity index is 2.91. The first-order chi connectivity index (χ1) is 7.02. The average molecular weight is 206 g/mol. The summed E-state index contributed by atoms with van der Waals surface area (Å²) in [6, 6.07) is 4.58. The third-order valence-corrected chi connectivity index (χ3v) is 2.42. The van der Waals surface area contributed by atoms with Gasteiger partial charge in [-0.15, -0.1) is 0 Å². The molecule has 0 radical (unpaired) electrons. The summed E-state index contributed by atoms with van der Waals surface area (Å²) in [5, 5.41) is 18.8. The molecule has 2 aromatic rings. The Morgan fingerprint density at radius 1 is 1.47 bits per heavy atom. The zero-order valence-corrected chi connectivity index (χ0v) is 8.06. The lowest BCUT2D eigenvalue weighted by Crippen LogP contribution is -2.06. The molecule has 1 aromatic carbocycles. The fraction of sp³-hybridized carbons (Fsp3) is 0.100. The van der Waals surface area contributed by atoms with Crippen LogP contribution in [0.1, 0.15) is 10.5 Å². The summed E-state index contributed by atoms with van der Waals surface area (Å²) < 4.78 is 1.49. The normalized spacial score (nSPS) is 10.7. The molecule has 5 nitrogen and oxygen atoms in total. The molecule has 2 rings (SSSR count). The van der Waals surface area contributed by atoms with Crippen LogP contribution in [0.25, 0.3) is 10.9 Å². The SMILES string of the molecule is Cn1c(C(=O)O)c(N)c2cc(O)ccc21. The van der Waals surface area contributed by atoms with Gasteiger partial charge < -0.3 is 20.5 Å². The molecule has 0 bridgehead atoms. The zero-order chi connectivity index (χ0) is 11.2. The van der Waals surface area contributed by atoms with Gasteiger partial charge in [0.1, 0.15) is 5.75 Å². The Morgan fingerprint density at radius 2 is 2.13 bits per heavy atom. The molecule has 0 saturated heterocycles. The van der Waals surface area contributed by atoms with E-state index in [1.807, 2.05) is 0 Å². The molecule has 0 unspecified atom stereocenters. The van der Waals surface area contributed by atoms with Gasteiger partial charge in [0.2, 0.25) is 0 Å². The number of benzene rings is 1. The van der Waals surface area contributed by atoms with E-state index in [1.165, 1.54) is 16.7 Å². The van der Waals surface area contributed by atoms with Crippen molar-refractivity contribution in [2.24, 2.45) is 7.05 Å². The van der Waals surface area contributed by atoms with Crippen molar-refractivity contribution in [3.8, 4) is 5.75 Å². The first kappa shape index (κ1) is 9.39. The van der Waals surface area contributed by atoms with Gasteiger partial charge in [0.25, 0.3) is 0 Å². The summed E-state index contributed by atoms with van der Waals surface area (Å²) >= 11 is 0. The quantitative estimate of drug-likeness (QED) is 0.653. The molecule has 0 saturated carbocycles. The highest BCUT2D eigenvalue weighted by Gasteiger charge is 2.18. The van der Waals surface area contributed by atoms with Gasteiger partial charge in [-0.25, -0.2) is 4.79 Å². The number of anilines is 1. The maximum Gasteiger partial charge on any atom is 0.354 e. The van der Waals surface area contributed by atoms with Gasteiger partial charge >= 0.3 is 5.97 Å². The molecule has 78 valence electrons. The molecular formula is C10H10N2O3. The van der Waals surface area contributed by atoms with E-state index in [4.69, 9.17) is 10.8 Å². The zero-order valence-electron chi connectivity index (χ0n) is 8.06. The van der Waals surface area contributed by atoms with Gasteiger partial charge in [-0.05, 0) is 18.2 Å². The number of aromatic hydroxyl groups is 1. The number of rotatable bonds is 1. The number of aromatic nitrogens is 1. The van der Waals surface area contributed by atoms with Gasteiger partial charge in [0.05, 0.1) is 11.2 Å². The summed E-state index contributed by atoms with van der Waals surface area (Å²) in [6.45, 7) is 0. The molecule has 1 heterocycles. The number of fused-ring (bicyclic) bond motifs is 1. The fourth-order valence-corrected chi connectivity index (χ4v) is 1.72. The van der Waals surface area contributed by atoms with Crippen LogP contribution in [0.2, 0.25) is 0 Å². The molecule has 0 atom stereocenters. The molecule has 0 aliphatic carbocycles. The van der Waals surface area contributed by atoms with Crippen LogP contribution in [0.15, 0.2) is 18.2 Å². The molecule has 1 aromatic heterocycles. The molecule has 15 heavy (non-hydrogen) atoms. The number of hydrogen-bond donors (Lipinski definition) is 3. The van der Waals surface area contributed by atoms with Gasteiger partial charge in [-0.3, -0.25) is 0 Å². The van der Waals surface area contributed by atoms with Crippen molar-refractivity contribution in [3.05, 3.63) is 23.9 Å². The molecule has 0 spiro atoms. The van der Waals surface area contributed by atoms with Crippen LogP contribution in [0, 0.1) is 0 Å². The minimum absolute atomic E-state index is 0.0376. The molecule has 5 heteroatoms. The van der Waals surface area contributed by atoms with Crippen molar-refractivity contribution in [1.29, 1.82) is 0 Å². The van der Waals surface area contributed by atoms with Gasteiger partial charge in [-0.2, -0.15) is 0 Å². The molecular weight excluding hydrogens is 196 g/mol. The van der Waals surface area contributed by atoms with Crippen LogP contribution in [-0.2, 0) is 7.05 Å². The number of phenolic OH excluding ortho intramolecular Hbond substituents is 1. The summed E-state index contributed by atoms with van der Waals surface area (Å²) in [5.74, 6) is -1.01. The number of hydrogen-bond acceptors (Lipinski definition) is 3. The summed E-state index contributed by atoms with van der Waals surface area (Å²) in [4.78, 5) is 10.9. The minimum Gasteiger partial charge on any atom is -0.508 e. The number of nitrogens with zero attached hydrogens (tertiary/aromatic N) is 1. The minimum atomic E-state index is -1.08. The molecule has 4 N–H and O–H groups in total. The van der Waals surface area contributed by atoms with Crippen molar-refractivity contribution in [1.82, 2.24) is 4.57 Å². The first-order valence-electron chi connectivity index (χ1n) is 4.32. The van der Waals surface area contributed by atoms with Crippen LogP contribution < -0.4 is 5.73 Å². The summed E-state index contributed by atoms with van der Waals surface area (Å²) in [6.07, 6.45) is 0.